The third-order valence-corrected chi connectivity index (χ3v) is 6.88. The second-order valence-corrected chi connectivity index (χ2v) is 9.15. The van der Waals surface area contributed by atoms with Gasteiger partial charge in [0.1, 0.15) is 5.54 Å². The number of hydrogen-bond donors (Lipinski definition) is 1. The molecular weight excluding hydrogens is 447 g/mol. The number of rotatable bonds is 3. The minimum atomic E-state index is -1.68. The Balaban J connectivity index is 1.79. The molecule has 5 rings (SSSR count). The second kappa shape index (κ2) is 7.78. The average Bonchev–Trinajstić information content (AvgIpc) is 3.34. The van der Waals surface area contributed by atoms with Crippen molar-refractivity contribution in [1.29, 1.82) is 0 Å². The van der Waals surface area contributed by atoms with Crippen molar-refractivity contribution in [2.24, 2.45) is 0 Å². The smallest absolute Gasteiger partial charge is 0.332 e. The Labute approximate surface area is 196 Å². The van der Waals surface area contributed by atoms with Crippen LogP contribution in [0.1, 0.15) is 17.5 Å². The molecule has 3 aromatic rings. The molecule has 7 heteroatoms. The molecule has 0 saturated carbocycles. The van der Waals surface area contributed by atoms with Gasteiger partial charge in [-0.1, -0.05) is 53.0 Å². The lowest BCUT2D eigenvalue weighted by Crippen LogP contribution is -2.60. The number of ether oxygens (including phenoxy) is 1. The van der Waals surface area contributed by atoms with Crippen LogP contribution in [0.5, 0.6) is 0 Å². The van der Waals surface area contributed by atoms with Gasteiger partial charge in [-0.15, -0.1) is 0 Å². The van der Waals surface area contributed by atoms with Crippen molar-refractivity contribution in [3.05, 3.63) is 94.0 Å². The molecule has 2 saturated heterocycles. The maximum absolute atomic E-state index is 14.1. The van der Waals surface area contributed by atoms with Crippen LogP contribution in [-0.2, 0) is 10.5 Å². The molecule has 32 heavy (non-hydrogen) atoms. The maximum atomic E-state index is 14.1. The van der Waals surface area contributed by atoms with Crippen molar-refractivity contribution in [3.63, 3.8) is 0 Å². The summed E-state index contributed by atoms with van der Waals surface area (Å²) in [5, 5.41) is 13.7. The summed E-state index contributed by atoms with van der Waals surface area (Å²) in [5.74, 6) is 0. The molecule has 0 aliphatic carbocycles. The van der Waals surface area contributed by atoms with Crippen LogP contribution in [0, 0.1) is 6.92 Å². The van der Waals surface area contributed by atoms with E-state index in [1.54, 1.807) is 53.4 Å². The molecule has 2 heterocycles. The van der Waals surface area contributed by atoms with Gasteiger partial charge in [-0.3, -0.25) is 9.80 Å². The molecular formula is C25H22Cl2N2O3. The summed E-state index contributed by atoms with van der Waals surface area (Å²) in [6.07, 6.45) is 0.468. The number of halogens is 2. The third kappa shape index (κ3) is 3.04. The molecule has 1 N–H and O–H groups in total. The largest absolute Gasteiger partial charge is 0.379 e. The van der Waals surface area contributed by atoms with Gasteiger partial charge in [-0.2, -0.15) is 0 Å². The molecule has 2 aliphatic heterocycles. The van der Waals surface area contributed by atoms with Gasteiger partial charge in [-0.05, 0) is 55.5 Å². The van der Waals surface area contributed by atoms with E-state index in [1.807, 2.05) is 31.2 Å². The van der Waals surface area contributed by atoms with E-state index in [2.05, 4.69) is 0 Å². The molecule has 0 unspecified atom stereocenters. The van der Waals surface area contributed by atoms with Crippen molar-refractivity contribution >= 4 is 40.6 Å². The van der Waals surface area contributed by atoms with Gasteiger partial charge >= 0.3 is 6.03 Å². The number of amides is 2. The highest BCUT2D eigenvalue weighted by Gasteiger charge is 2.69. The number of anilines is 2. The number of hydrogen-bond acceptors (Lipinski definition) is 3. The van der Waals surface area contributed by atoms with Crippen molar-refractivity contribution in [2.75, 3.05) is 23.0 Å². The molecule has 0 radical (unpaired) electrons. The fraction of sp³-hybridized carbons (Fsp3) is 0.240. The Morgan fingerprint density at radius 3 is 2.03 bits per heavy atom. The van der Waals surface area contributed by atoms with E-state index in [-0.39, 0.29) is 12.6 Å². The summed E-state index contributed by atoms with van der Waals surface area (Å²) in [4.78, 5) is 17.2. The van der Waals surface area contributed by atoms with Crippen LogP contribution >= 0.6 is 23.2 Å². The molecule has 2 aliphatic rings. The summed E-state index contributed by atoms with van der Waals surface area (Å²) in [7, 11) is 0. The number of nitrogens with zero attached hydrogens (tertiary/aromatic N) is 2. The van der Waals surface area contributed by atoms with E-state index in [9.17, 15) is 9.90 Å². The normalized spacial score (nSPS) is 25.2. The number of benzene rings is 3. The number of aliphatic hydroxyl groups is 1. The first-order valence-corrected chi connectivity index (χ1v) is 11.2. The SMILES string of the molecule is Cc1cccc([C@@]2(O)N(c3ccc(Cl)cc3)C(=O)N(c3ccc(Cl)cc3)[C@@]23CCOC3)c1. The van der Waals surface area contributed by atoms with E-state index in [4.69, 9.17) is 27.9 Å². The Bertz CT molecular complexity index is 1160. The van der Waals surface area contributed by atoms with Gasteiger partial charge in [-0.25, -0.2) is 4.79 Å². The molecule has 2 atom stereocenters. The predicted octanol–water partition coefficient (Wildman–Crippen LogP) is 5.75. The fourth-order valence-electron chi connectivity index (χ4n) is 4.89. The van der Waals surface area contributed by atoms with E-state index < -0.39 is 11.3 Å². The lowest BCUT2D eigenvalue weighted by atomic mass is 9.79. The molecule has 5 nitrogen and oxygen atoms in total. The van der Waals surface area contributed by atoms with Crippen molar-refractivity contribution in [2.45, 2.75) is 24.6 Å². The molecule has 164 valence electrons. The summed E-state index contributed by atoms with van der Waals surface area (Å²) in [6.45, 7) is 2.58. The number of carbonyl (C=O) groups is 1. The zero-order valence-electron chi connectivity index (χ0n) is 17.5. The van der Waals surface area contributed by atoms with Crippen LogP contribution in [0.15, 0.2) is 72.8 Å². The second-order valence-electron chi connectivity index (χ2n) is 8.28. The van der Waals surface area contributed by atoms with Gasteiger partial charge in [0.25, 0.3) is 0 Å². The topological polar surface area (TPSA) is 53.0 Å². The highest BCUT2D eigenvalue weighted by Crippen LogP contribution is 2.54. The molecule has 1 spiro atoms. The number of carbonyl (C=O) groups excluding carboxylic acids is 1. The lowest BCUT2D eigenvalue weighted by Gasteiger charge is -2.44. The Morgan fingerprint density at radius 2 is 1.50 bits per heavy atom. The van der Waals surface area contributed by atoms with E-state index in [1.165, 1.54) is 4.90 Å². The van der Waals surface area contributed by atoms with Gasteiger partial charge in [0.2, 0.25) is 0 Å². The summed E-state index contributed by atoms with van der Waals surface area (Å²) in [5.41, 5.74) is 0.0885. The zero-order chi connectivity index (χ0) is 22.5. The molecule has 3 aromatic carbocycles. The number of urea groups is 1. The fourth-order valence-corrected chi connectivity index (χ4v) is 5.14. The number of aryl methyl sites for hydroxylation is 1. The van der Waals surface area contributed by atoms with E-state index in [0.717, 1.165) is 5.56 Å². The highest BCUT2D eigenvalue weighted by atomic mass is 35.5. The van der Waals surface area contributed by atoms with Crippen molar-refractivity contribution < 1.29 is 14.6 Å². The third-order valence-electron chi connectivity index (χ3n) is 6.37. The van der Waals surface area contributed by atoms with Gasteiger partial charge in [0.15, 0.2) is 5.72 Å². The first kappa shape index (κ1) is 21.3. The minimum absolute atomic E-state index is 0.190. The van der Waals surface area contributed by atoms with Gasteiger partial charge < -0.3 is 9.84 Å². The Kier molecular flexibility index (Phi) is 5.18. The quantitative estimate of drug-likeness (QED) is 0.531. The first-order valence-electron chi connectivity index (χ1n) is 10.4. The van der Waals surface area contributed by atoms with Crippen LogP contribution in [0.3, 0.4) is 0 Å². The Morgan fingerprint density at radius 1 is 0.906 bits per heavy atom. The highest BCUT2D eigenvalue weighted by molar-refractivity contribution is 6.31. The van der Waals surface area contributed by atoms with Crippen LogP contribution in [-0.4, -0.2) is 29.9 Å². The molecule has 0 bridgehead atoms. The lowest BCUT2D eigenvalue weighted by molar-refractivity contribution is -0.0212. The van der Waals surface area contributed by atoms with Crippen molar-refractivity contribution in [3.8, 4) is 0 Å². The van der Waals surface area contributed by atoms with Gasteiger partial charge in [0, 0.05) is 40.0 Å². The monoisotopic (exact) mass is 468 g/mol. The maximum Gasteiger partial charge on any atom is 0.332 e. The molecule has 2 fully saturated rings. The first-order chi connectivity index (χ1) is 15.4. The van der Waals surface area contributed by atoms with E-state index in [0.29, 0.717) is 40.0 Å². The van der Waals surface area contributed by atoms with Crippen LogP contribution in [0.2, 0.25) is 10.0 Å². The Hall–Kier alpha value is -2.57. The van der Waals surface area contributed by atoms with Gasteiger partial charge in [0.05, 0.1) is 6.61 Å². The van der Waals surface area contributed by atoms with Crippen LogP contribution < -0.4 is 9.80 Å². The summed E-state index contributed by atoms with van der Waals surface area (Å²) in [6, 6.07) is 21.3. The molecule has 0 aromatic heterocycles. The molecule has 2 amide bonds. The minimum Gasteiger partial charge on any atom is -0.379 e. The van der Waals surface area contributed by atoms with Crippen LogP contribution in [0.25, 0.3) is 0 Å². The summed E-state index contributed by atoms with van der Waals surface area (Å²) < 4.78 is 5.83. The van der Waals surface area contributed by atoms with Crippen molar-refractivity contribution in [1.82, 2.24) is 0 Å². The summed E-state index contributed by atoms with van der Waals surface area (Å²) >= 11 is 12.2. The standard InChI is InChI=1S/C25H22Cl2N2O3/c1-17-3-2-4-18(15-17)25(31)24(13-14-32-16-24)28(21-9-5-19(26)6-10-21)23(30)29(25)22-11-7-20(27)8-12-22/h2-12,15,31H,13-14,16H2,1H3/t24-,25+/m1/s1. The average molecular weight is 469 g/mol. The zero-order valence-corrected chi connectivity index (χ0v) is 19.0. The van der Waals surface area contributed by atoms with E-state index >= 15 is 0 Å². The predicted molar refractivity (Wildman–Crippen MR) is 127 cm³/mol. The van der Waals surface area contributed by atoms with Crippen LogP contribution in [0.4, 0.5) is 16.2 Å².